The first-order chi connectivity index (χ1) is 13.7. The number of alkyl halides is 3. The summed E-state index contributed by atoms with van der Waals surface area (Å²) in [6, 6.07) is 10.8. The summed E-state index contributed by atoms with van der Waals surface area (Å²) in [5, 5.41) is 7.67. The second-order valence-corrected chi connectivity index (χ2v) is 8.73. The van der Waals surface area contributed by atoms with Crippen LogP contribution in [0.2, 0.25) is 0 Å². The average Bonchev–Trinajstić information content (AvgIpc) is 3.39. The average molecular weight is 422 g/mol. The molecule has 0 bridgehead atoms. The summed E-state index contributed by atoms with van der Waals surface area (Å²) >= 11 is 0. The van der Waals surface area contributed by atoms with E-state index in [-0.39, 0.29) is 10.9 Å². The Hall–Kier alpha value is -2.72. The predicted octanol–water partition coefficient (Wildman–Crippen LogP) is 3.60. The highest BCUT2D eigenvalue weighted by atomic mass is 32.2. The summed E-state index contributed by atoms with van der Waals surface area (Å²) < 4.78 is 67.6. The lowest BCUT2D eigenvalue weighted by Gasteiger charge is -2.17. The molecule has 152 valence electrons. The van der Waals surface area contributed by atoms with Gasteiger partial charge in [0.25, 0.3) is 0 Å². The zero-order valence-corrected chi connectivity index (χ0v) is 15.9. The first-order valence-electron chi connectivity index (χ1n) is 8.89. The van der Waals surface area contributed by atoms with Crippen LogP contribution >= 0.6 is 0 Å². The van der Waals surface area contributed by atoms with E-state index in [0.717, 1.165) is 12.1 Å². The summed E-state index contributed by atoms with van der Waals surface area (Å²) in [6.45, 7) is 0.656. The number of nitrogens with zero attached hydrogens (tertiary/aromatic N) is 4. The second kappa shape index (κ2) is 7.27. The van der Waals surface area contributed by atoms with Crippen LogP contribution in [0.15, 0.2) is 65.8 Å². The van der Waals surface area contributed by atoms with Gasteiger partial charge >= 0.3 is 6.18 Å². The standard InChI is InChI=1S/C19H17F3N4O2S/c20-19(21,22)16-3-1-2-15(12-16)14-4-6-18(7-5-14)29(27,28)25-10-8-17(13-25)26-11-9-23-24-26/h1-7,9,11-12,17H,8,10,13H2/t17-/m0/s1. The van der Waals surface area contributed by atoms with Gasteiger partial charge in [-0.15, -0.1) is 5.10 Å². The minimum absolute atomic E-state index is 0.0725. The Morgan fingerprint density at radius 1 is 1.03 bits per heavy atom. The molecule has 1 aromatic heterocycles. The maximum atomic E-state index is 12.9. The van der Waals surface area contributed by atoms with Crippen LogP contribution in [0.25, 0.3) is 11.1 Å². The van der Waals surface area contributed by atoms with Gasteiger partial charge in [-0.05, 0) is 41.8 Å². The first kappa shape index (κ1) is 19.6. The molecule has 0 amide bonds. The van der Waals surface area contributed by atoms with Gasteiger partial charge in [0, 0.05) is 19.3 Å². The third-order valence-corrected chi connectivity index (χ3v) is 6.84. The molecule has 2 aromatic carbocycles. The molecule has 2 heterocycles. The molecule has 3 aromatic rings. The van der Waals surface area contributed by atoms with E-state index < -0.39 is 21.8 Å². The van der Waals surface area contributed by atoms with E-state index in [1.54, 1.807) is 23.1 Å². The van der Waals surface area contributed by atoms with Gasteiger partial charge in [-0.1, -0.05) is 29.5 Å². The van der Waals surface area contributed by atoms with Crippen LogP contribution in [-0.4, -0.2) is 40.8 Å². The number of hydrogen-bond donors (Lipinski definition) is 0. The Balaban J connectivity index is 1.55. The molecule has 0 N–H and O–H groups in total. The molecule has 1 saturated heterocycles. The lowest BCUT2D eigenvalue weighted by atomic mass is 10.0. The quantitative estimate of drug-likeness (QED) is 0.644. The van der Waals surface area contributed by atoms with Crippen molar-refractivity contribution in [1.29, 1.82) is 0 Å². The first-order valence-corrected chi connectivity index (χ1v) is 10.3. The largest absolute Gasteiger partial charge is 0.416 e. The highest BCUT2D eigenvalue weighted by Gasteiger charge is 2.34. The fourth-order valence-electron chi connectivity index (χ4n) is 3.40. The van der Waals surface area contributed by atoms with E-state index in [4.69, 9.17) is 0 Å². The van der Waals surface area contributed by atoms with Crippen molar-refractivity contribution in [3.05, 3.63) is 66.5 Å². The van der Waals surface area contributed by atoms with Crippen molar-refractivity contribution in [2.45, 2.75) is 23.5 Å². The molecule has 0 saturated carbocycles. The lowest BCUT2D eigenvalue weighted by Crippen LogP contribution is -2.29. The number of aromatic nitrogens is 3. The van der Waals surface area contributed by atoms with Crippen molar-refractivity contribution >= 4 is 10.0 Å². The third-order valence-electron chi connectivity index (χ3n) is 4.96. The molecule has 29 heavy (non-hydrogen) atoms. The Kier molecular flexibility index (Phi) is 4.91. The van der Waals surface area contributed by atoms with Crippen molar-refractivity contribution in [1.82, 2.24) is 19.3 Å². The van der Waals surface area contributed by atoms with Gasteiger partial charge in [0.2, 0.25) is 10.0 Å². The Morgan fingerprint density at radius 2 is 1.79 bits per heavy atom. The monoisotopic (exact) mass is 422 g/mol. The minimum atomic E-state index is -4.43. The van der Waals surface area contributed by atoms with Gasteiger partial charge in [0.05, 0.1) is 22.7 Å². The zero-order valence-electron chi connectivity index (χ0n) is 15.1. The SMILES string of the molecule is O=S(=O)(c1ccc(-c2cccc(C(F)(F)F)c2)cc1)N1CC[C@H](n2ccnn2)C1. The van der Waals surface area contributed by atoms with Crippen LogP contribution < -0.4 is 0 Å². The van der Waals surface area contributed by atoms with Crippen LogP contribution in [0.4, 0.5) is 13.2 Å². The van der Waals surface area contributed by atoms with E-state index >= 15 is 0 Å². The third kappa shape index (κ3) is 3.90. The van der Waals surface area contributed by atoms with E-state index in [1.807, 2.05) is 0 Å². The maximum Gasteiger partial charge on any atom is 0.416 e. The molecule has 4 rings (SSSR count). The van der Waals surface area contributed by atoms with Crippen LogP contribution in [-0.2, 0) is 16.2 Å². The summed E-state index contributed by atoms with van der Waals surface area (Å²) in [6.07, 6.45) is -0.561. The van der Waals surface area contributed by atoms with Crippen molar-refractivity contribution in [3.63, 3.8) is 0 Å². The van der Waals surface area contributed by atoms with Crippen molar-refractivity contribution in [2.75, 3.05) is 13.1 Å². The zero-order chi connectivity index (χ0) is 20.6. The molecule has 1 atom stereocenters. The van der Waals surface area contributed by atoms with Gasteiger partial charge in [0.15, 0.2) is 0 Å². The Bertz CT molecular complexity index is 1100. The number of rotatable bonds is 4. The predicted molar refractivity (Wildman–Crippen MR) is 99.3 cm³/mol. The van der Waals surface area contributed by atoms with Crippen molar-refractivity contribution in [2.24, 2.45) is 0 Å². The van der Waals surface area contributed by atoms with Gasteiger partial charge in [0.1, 0.15) is 0 Å². The van der Waals surface area contributed by atoms with Gasteiger partial charge in [-0.25, -0.2) is 13.1 Å². The maximum absolute atomic E-state index is 12.9. The van der Waals surface area contributed by atoms with Gasteiger partial charge in [-0.2, -0.15) is 17.5 Å². The van der Waals surface area contributed by atoms with Crippen LogP contribution in [0.3, 0.4) is 0 Å². The summed E-state index contributed by atoms with van der Waals surface area (Å²) in [5.74, 6) is 0. The van der Waals surface area contributed by atoms with Crippen LogP contribution in [0, 0.1) is 0 Å². The summed E-state index contributed by atoms with van der Waals surface area (Å²) in [7, 11) is -3.70. The fraction of sp³-hybridized carbons (Fsp3) is 0.263. The smallest absolute Gasteiger partial charge is 0.248 e. The van der Waals surface area contributed by atoms with Crippen molar-refractivity contribution in [3.8, 4) is 11.1 Å². The lowest BCUT2D eigenvalue weighted by molar-refractivity contribution is -0.137. The van der Waals surface area contributed by atoms with Gasteiger partial charge in [-0.3, -0.25) is 0 Å². The topological polar surface area (TPSA) is 68.1 Å². The molecular formula is C19H17F3N4O2S. The van der Waals surface area contributed by atoms with Crippen LogP contribution in [0.1, 0.15) is 18.0 Å². The molecule has 10 heteroatoms. The number of benzene rings is 2. The van der Waals surface area contributed by atoms with Gasteiger partial charge < -0.3 is 0 Å². The molecule has 6 nitrogen and oxygen atoms in total. The number of sulfonamides is 1. The summed E-state index contributed by atoms with van der Waals surface area (Å²) in [5.41, 5.74) is 0.135. The molecule has 0 unspecified atom stereocenters. The van der Waals surface area contributed by atoms with E-state index in [1.165, 1.54) is 34.6 Å². The molecule has 0 radical (unpaired) electrons. The Morgan fingerprint density at radius 3 is 2.45 bits per heavy atom. The second-order valence-electron chi connectivity index (χ2n) is 6.79. The van der Waals surface area contributed by atoms with E-state index in [9.17, 15) is 21.6 Å². The van der Waals surface area contributed by atoms with E-state index in [0.29, 0.717) is 30.6 Å². The summed E-state index contributed by atoms with van der Waals surface area (Å²) in [4.78, 5) is 0.104. The van der Waals surface area contributed by atoms with E-state index in [2.05, 4.69) is 10.3 Å². The normalized spacial score (nSPS) is 18.2. The molecule has 0 spiro atoms. The minimum Gasteiger partial charge on any atom is -0.248 e. The van der Waals surface area contributed by atoms with Crippen LogP contribution in [0.5, 0.6) is 0 Å². The van der Waals surface area contributed by atoms with Crippen molar-refractivity contribution < 1.29 is 21.6 Å². The molecule has 0 aliphatic carbocycles. The highest BCUT2D eigenvalue weighted by Crippen LogP contribution is 2.33. The molecule has 1 aliphatic heterocycles. The Labute approximate surface area is 165 Å². The molecule has 1 fully saturated rings. The number of halogens is 3. The fourth-order valence-corrected chi connectivity index (χ4v) is 4.89. The molecular weight excluding hydrogens is 405 g/mol. The molecule has 1 aliphatic rings. The highest BCUT2D eigenvalue weighted by molar-refractivity contribution is 7.89. The number of hydrogen-bond acceptors (Lipinski definition) is 4.